The molecule has 0 amide bonds. The van der Waals surface area contributed by atoms with Crippen LogP contribution in [0.25, 0.3) is 310 Å². The number of fused-ring (bicyclic) bond motifs is 33. The van der Waals surface area contributed by atoms with E-state index < -0.39 is 0 Å². The van der Waals surface area contributed by atoms with Crippen molar-refractivity contribution in [3.05, 3.63) is 455 Å². The summed E-state index contributed by atoms with van der Waals surface area (Å²) in [6.45, 7) is 0. The van der Waals surface area contributed by atoms with Gasteiger partial charge in [0.05, 0.1) is 33.1 Å². The highest BCUT2D eigenvalue weighted by Crippen LogP contribution is 2.56. The largest absolute Gasteiger partial charge is 0.456 e. The van der Waals surface area contributed by atoms with Gasteiger partial charge >= 0.3 is 0 Å². The molecule has 30 aromatic rings. The molecule has 138 heavy (non-hydrogen) atoms. The normalized spacial score (nSPS) is 12.3. The molecule has 0 saturated heterocycles. The minimum absolute atomic E-state index is 0.919. The molecule has 0 saturated carbocycles. The molecule has 0 spiro atoms. The SMILES string of the molecule is c1cc(-c2ccc3c4c(cccc24)-c2ccccc2-3)cc(-n2c3cc4c(cc3c3c5ccccc5ccc32)oc2ccccc24)c1.c1cc(-c2ccc3c4c(cccc24)-c2ccccc2-3)cc(-n2c3cc4c(cc3c3c5ccccc5ccc32)sc2ccccc24)c1.c1ccc2c(c1)-c1cccc3c(-c4ccc(-n5c6cc7c(cc6c6c8ccccc8ccc65)sc5ccccc57)cc4)ccc-2c13. The standard InChI is InChI=1S/C44H25NO.2C44H25NS/c2*1-2-12-30-26(9-1)19-22-39-44(30)38-25-42-37(33-15-5-6-18-41(33)46-42)24-40(38)45(39)28-11-7-10-27(23-28)29-20-21-36-32-14-4-3-13-31(32)35-17-8-16-34(29)43(35)36;1-2-9-30-26(8-1)18-23-39-44(30)38-25-42-37(33-12-5-6-15-41(33)46-42)24-40(38)45(39)28-19-16-27(17-20-28)29-21-22-36-32-11-4-3-10-31(32)35-14-7-13-34(29)43(35)36/h3*1-25H. The summed E-state index contributed by atoms with van der Waals surface area (Å²) in [5, 5.41) is 30.9. The number of furan rings is 1. The molecule has 4 nitrogen and oxygen atoms in total. The van der Waals surface area contributed by atoms with E-state index in [4.69, 9.17) is 4.42 Å². The fraction of sp³-hybridized carbons (Fsp3) is 0. The van der Waals surface area contributed by atoms with Crippen molar-refractivity contribution in [2.45, 2.75) is 0 Å². The zero-order valence-corrected chi connectivity index (χ0v) is 76.0. The Labute approximate surface area is 799 Å². The van der Waals surface area contributed by atoms with Crippen molar-refractivity contribution in [1.29, 1.82) is 0 Å². The van der Waals surface area contributed by atoms with Crippen LogP contribution >= 0.6 is 22.7 Å². The Kier molecular flexibility index (Phi) is 16.0. The number of nitrogens with zero attached hydrogens (tertiary/aromatic N) is 3. The number of thiophene rings is 2. The van der Waals surface area contributed by atoms with Crippen LogP contribution in [0.15, 0.2) is 459 Å². The summed E-state index contributed by atoms with van der Waals surface area (Å²) >= 11 is 3.78. The number of para-hydroxylation sites is 1. The molecule has 0 bridgehead atoms. The van der Waals surface area contributed by atoms with Crippen molar-refractivity contribution in [1.82, 2.24) is 13.7 Å². The van der Waals surface area contributed by atoms with Crippen LogP contribution in [0.1, 0.15) is 0 Å². The highest BCUT2D eigenvalue weighted by molar-refractivity contribution is 7.26. The second kappa shape index (κ2) is 29.0. The average molecular weight is 1780 g/mol. The van der Waals surface area contributed by atoms with Crippen LogP contribution in [-0.4, -0.2) is 13.7 Å². The second-order valence-corrected chi connectivity index (χ2v) is 39.6. The minimum atomic E-state index is 0.919. The quantitative estimate of drug-likeness (QED) is 0.163. The van der Waals surface area contributed by atoms with Crippen LogP contribution in [0.2, 0.25) is 0 Å². The van der Waals surface area contributed by atoms with Crippen LogP contribution < -0.4 is 0 Å². The van der Waals surface area contributed by atoms with E-state index in [0.717, 1.165) is 27.6 Å². The van der Waals surface area contributed by atoms with Crippen LogP contribution in [0.4, 0.5) is 0 Å². The molecular formula is C132H75N3OS2. The van der Waals surface area contributed by atoms with Gasteiger partial charge in [-0.25, -0.2) is 0 Å². The Morgan fingerprint density at radius 1 is 0.145 bits per heavy atom. The van der Waals surface area contributed by atoms with Crippen LogP contribution in [-0.2, 0) is 0 Å². The Hall–Kier alpha value is -17.5. The monoisotopic (exact) mass is 1780 g/mol. The Balaban J connectivity index is 0.0000000959. The average Bonchev–Trinajstić information content (AvgIpc) is 1.57. The van der Waals surface area contributed by atoms with E-state index in [9.17, 15) is 0 Å². The van der Waals surface area contributed by atoms with Crippen LogP contribution in [0.5, 0.6) is 0 Å². The highest BCUT2D eigenvalue weighted by atomic mass is 32.1. The molecule has 3 aliphatic rings. The van der Waals surface area contributed by atoms with Gasteiger partial charge in [0, 0.05) is 100 Å². The zero-order chi connectivity index (χ0) is 89.8. The van der Waals surface area contributed by atoms with Gasteiger partial charge in [-0.15, -0.1) is 22.7 Å². The van der Waals surface area contributed by atoms with Crippen molar-refractivity contribution >= 4 is 215 Å². The minimum Gasteiger partial charge on any atom is -0.456 e. The van der Waals surface area contributed by atoms with Crippen molar-refractivity contribution in [3.63, 3.8) is 0 Å². The summed E-state index contributed by atoms with van der Waals surface area (Å²) in [7, 11) is 0. The molecule has 0 radical (unpaired) electrons. The van der Waals surface area contributed by atoms with Gasteiger partial charge in [0.25, 0.3) is 0 Å². The molecule has 0 unspecified atom stereocenters. The smallest absolute Gasteiger partial charge is 0.136 e. The Morgan fingerprint density at radius 3 is 0.891 bits per heavy atom. The molecule has 6 heteroatoms. The van der Waals surface area contributed by atoms with Crippen molar-refractivity contribution in [2.24, 2.45) is 0 Å². The molecule has 24 aromatic carbocycles. The lowest BCUT2D eigenvalue weighted by molar-refractivity contribution is 0.669. The van der Waals surface area contributed by atoms with Gasteiger partial charge in [0.2, 0.25) is 0 Å². The molecular weight excluding hydrogens is 1710 g/mol. The summed E-state index contributed by atoms with van der Waals surface area (Å²) < 4.78 is 19.1. The summed E-state index contributed by atoms with van der Waals surface area (Å²) in [5.74, 6) is 0. The summed E-state index contributed by atoms with van der Waals surface area (Å²) in [6.07, 6.45) is 0. The van der Waals surface area contributed by atoms with Crippen LogP contribution in [0, 0.1) is 0 Å². The molecule has 0 N–H and O–H groups in total. The maximum atomic E-state index is 6.39. The van der Waals surface area contributed by atoms with E-state index in [1.807, 2.05) is 28.7 Å². The third kappa shape index (κ3) is 10.9. The van der Waals surface area contributed by atoms with Gasteiger partial charge < -0.3 is 18.1 Å². The first-order valence-corrected chi connectivity index (χ1v) is 49.2. The van der Waals surface area contributed by atoms with Gasteiger partial charge in [0.15, 0.2) is 0 Å². The molecule has 0 fully saturated rings. The highest BCUT2D eigenvalue weighted by Gasteiger charge is 2.30. The lowest BCUT2D eigenvalue weighted by Crippen LogP contribution is -1.94. The number of hydrogen-bond donors (Lipinski definition) is 0. The van der Waals surface area contributed by atoms with Crippen molar-refractivity contribution in [2.75, 3.05) is 0 Å². The van der Waals surface area contributed by atoms with Crippen molar-refractivity contribution < 1.29 is 4.42 Å². The summed E-state index contributed by atoms with van der Waals surface area (Å²) in [6, 6.07) is 168. The second-order valence-electron chi connectivity index (χ2n) is 37.4. The van der Waals surface area contributed by atoms with Gasteiger partial charge in [0.1, 0.15) is 11.2 Å². The van der Waals surface area contributed by atoms with E-state index >= 15 is 0 Å². The molecule has 0 atom stereocenters. The molecule has 6 heterocycles. The van der Waals surface area contributed by atoms with E-state index in [-0.39, 0.29) is 0 Å². The molecule has 636 valence electrons. The first-order chi connectivity index (χ1) is 68.4. The summed E-state index contributed by atoms with van der Waals surface area (Å²) in [5.41, 5.74) is 36.2. The molecule has 33 rings (SSSR count). The lowest BCUT2D eigenvalue weighted by atomic mass is 9.94. The number of benzene rings is 24. The first kappa shape index (κ1) is 76.0. The van der Waals surface area contributed by atoms with Gasteiger partial charge in [-0.3, -0.25) is 0 Å². The third-order valence-electron chi connectivity index (χ3n) is 30.4. The van der Waals surface area contributed by atoms with Crippen LogP contribution in [0.3, 0.4) is 0 Å². The maximum Gasteiger partial charge on any atom is 0.136 e. The zero-order valence-electron chi connectivity index (χ0n) is 74.4. The van der Waals surface area contributed by atoms with E-state index in [2.05, 4.69) is 463 Å². The Morgan fingerprint density at radius 2 is 0.464 bits per heavy atom. The van der Waals surface area contributed by atoms with Gasteiger partial charge in [-0.05, 0) is 274 Å². The molecule has 3 aliphatic carbocycles. The topological polar surface area (TPSA) is 27.9 Å². The summed E-state index contributed by atoms with van der Waals surface area (Å²) in [4.78, 5) is 0. The fourth-order valence-corrected chi connectivity index (χ4v) is 26.7. The van der Waals surface area contributed by atoms with Gasteiger partial charge in [-0.1, -0.05) is 346 Å². The maximum absolute atomic E-state index is 6.39. The Bertz CT molecular complexity index is 10200. The third-order valence-corrected chi connectivity index (χ3v) is 32.6. The van der Waals surface area contributed by atoms with E-state index in [1.165, 1.54) is 282 Å². The van der Waals surface area contributed by atoms with Gasteiger partial charge in [-0.2, -0.15) is 0 Å². The lowest BCUT2D eigenvalue weighted by Gasteiger charge is -2.13. The number of rotatable bonds is 6. The predicted molar refractivity (Wildman–Crippen MR) is 590 cm³/mol. The number of aromatic nitrogens is 3. The molecule has 6 aromatic heterocycles. The van der Waals surface area contributed by atoms with E-state index in [1.54, 1.807) is 0 Å². The predicted octanol–water partition coefficient (Wildman–Crippen LogP) is 37.8. The van der Waals surface area contributed by atoms with E-state index in [0.29, 0.717) is 0 Å². The fourth-order valence-electron chi connectivity index (χ4n) is 24.4. The van der Waals surface area contributed by atoms with Crippen molar-refractivity contribution in [3.8, 4) is 117 Å². The first-order valence-electron chi connectivity index (χ1n) is 47.6. The molecule has 0 aliphatic heterocycles. The number of hydrogen-bond acceptors (Lipinski definition) is 3.